The average Bonchev–Trinajstić information content (AvgIpc) is 3.45. The van der Waals surface area contributed by atoms with Crippen molar-refractivity contribution in [3.8, 4) is 0 Å². The molecule has 0 radical (unpaired) electrons. The first-order valence-electron chi connectivity index (χ1n) is 14.1. The number of nitrogens with one attached hydrogen (secondary N) is 2. The molecule has 1 aliphatic carbocycles. The Bertz CT molecular complexity index is 1490. The van der Waals surface area contributed by atoms with Gasteiger partial charge in [-0.3, -0.25) is 9.52 Å². The maximum atomic E-state index is 13.3. The summed E-state index contributed by atoms with van der Waals surface area (Å²) in [5.41, 5.74) is 6.37. The Morgan fingerprint density at radius 1 is 0.897 bits per heavy atom. The Balaban J connectivity index is 1.24. The predicted octanol–water partition coefficient (Wildman–Crippen LogP) is 7.11. The van der Waals surface area contributed by atoms with Crippen molar-refractivity contribution < 1.29 is 17.9 Å². The van der Waals surface area contributed by atoms with Crippen molar-refractivity contribution in [3.05, 3.63) is 88.5 Å². The van der Waals surface area contributed by atoms with Gasteiger partial charge in [-0.2, -0.15) is 0 Å². The van der Waals surface area contributed by atoms with Gasteiger partial charge in [0.1, 0.15) is 0 Å². The van der Waals surface area contributed by atoms with E-state index in [0.29, 0.717) is 12.3 Å². The Hall–Kier alpha value is -3.16. The molecule has 1 saturated carbocycles. The molecule has 6 rings (SSSR count). The van der Waals surface area contributed by atoms with E-state index in [1.165, 1.54) is 6.42 Å². The molecule has 39 heavy (non-hydrogen) atoms. The fourth-order valence-corrected chi connectivity index (χ4v) is 7.51. The monoisotopic (exact) mass is 544 g/mol. The molecule has 0 amide bonds. The molecule has 3 aromatic carbocycles. The van der Waals surface area contributed by atoms with Crippen molar-refractivity contribution in [1.29, 1.82) is 0 Å². The van der Waals surface area contributed by atoms with Crippen molar-refractivity contribution in [2.24, 2.45) is 11.8 Å². The third-order valence-corrected chi connectivity index (χ3v) is 10.2. The Morgan fingerprint density at radius 2 is 1.67 bits per heavy atom. The first-order valence-corrected chi connectivity index (χ1v) is 15.5. The number of anilines is 2. The lowest BCUT2D eigenvalue weighted by atomic mass is 9.80. The number of Topliss-reactive ketones (excluding diaryl/α,β-unsaturated/α-hetero) is 1. The van der Waals surface area contributed by atoms with Gasteiger partial charge in [0.15, 0.2) is 5.78 Å². The summed E-state index contributed by atoms with van der Waals surface area (Å²) in [4.78, 5) is 13.2. The topological polar surface area (TPSA) is 84.5 Å². The van der Waals surface area contributed by atoms with Crippen LogP contribution in [0.2, 0.25) is 0 Å². The highest BCUT2D eigenvalue weighted by Crippen LogP contribution is 2.50. The minimum absolute atomic E-state index is 0.0277. The van der Waals surface area contributed by atoms with E-state index in [4.69, 9.17) is 4.74 Å². The molecule has 2 heterocycles. The summed E-state index contributed by atoms with van der Waals surface area (Å²) in [5, 5.41) is 3.66. The van der Waals surface area contributed by atoms with E-state index in [-0.39, 0.29) is 34.7 Å². The number of benzene rings is 3. The SMILES string of the molecule is Cc1ccc(NS(=O)(=O)c2ccc3c(c2)[C@H]2OCC[C@H]2C(c2ccc(C(=O)C4CCCCC4)cc2)N3)cc1C. The van der Waals surface area contributed by atoms with E-state index in [0.717, 1.165) is 65.6 Å². The number of fused-ring (bicyclic) bond motifs is 3. The van der Waals surface area contributed by atoms with E-state index >= 15 is 0 Å². The molecule has 3 aliphatic rings. The van der Waals surface area contributed by atoms with Gasteiger partial charge in [-0.25, -0.2) is 8.42 Å². The summed E-state index contributed by atoms with van der Waals surface area (Å²) in [6.45, 7) is 4.59. The zero-order valence-electron chi connectivity index (χ0n) is 22.6. The summed E-state index contributed by atoms with van der Waals surface area (Å²) < 4.78 is 35.4. The van der Waals surface area contributed by atoms with Crippen LogP contribution in [0.3, 0.4) is 0 Å². The molecule has 6 nitrogen and oxygen atoms in total. The number of sulfonamides is 1. The van der Waals surface area contributed by atoms with Crippen LogP contribution in [0.1, 0.15) is 83.3 Å². The van der Waals surface area contributed by atoms with Crippen molar-refractivity contribution in [1.82, 2.24) is 0 Å². The minimum atomic E-state index is -3.76. The van der Waals surface area contributed by atoms with Crippen LogP contribution < -0.4 is 10.0 Å². The fraction of sp³-hybridized carbons (Fsp3) is 0.406. The predicted molar refractivity (Wildman–Crippen MR) is 154 cm³/mol. The fourth-order valence-electron chi connectivity index (χ4n) is 6.42. The highest BCUT2D eigenvalue weighted by Gasteiger charge is 2.42. The number of carbonyl (C=O) groups is 1. The van der Waals surface area contributed by atoms with E-state index in [9.17, 15) is 13.2 Å². The molecule has 2 aliphatic heterocycles. The van der Waals surface area contributed by atoms with Crippen LogP contribution in [0.5, 0.6) is 0 Å². The molecule has 0 aromatic heterocycles. The largest absolute Gasteiger partial charge is 0.378 e. The second kappa shape index (κ2) is 10.4. The summed E-state index contributed by atoms with van der Waals surface area (Å²) in [6.07, 6.45) is 6.22. The normalized spacial score (nSPS) is 23.0. The lowest BCUT2D eigenvalue weighted by Gasteiger charge is -2.36. The van der Waals surface area contributed by atoms with E-state index < -0.39 is 10.0 Å². The maximum absolute atomic E-state index is 13.3. The Labute approximate surface area is 231 Å². The lowest BCUT2D eigenvalue weighted by Crippen LogP contribution is -2.29. The summed E-state index contributed by atoms with van der Waals surface area (Å²) in [7, 11) is -3.76. The highest BCUT2D eigenvalue weighted by atomic mass is 32.2. The van der Waals surface area contributed by atoms with Crippen LogP contribution in [0.25, 0.3) is 0 Å². The lowest BCUT2D eigenvalue weighted by molar-refractivity contribution is 0.0827. The first-order chi connectivity index (χ1) is 18.8. The number of hydrogen-bond acceptors (Lipinski definition) is 5. The molecule has 2 fully saturated rings. The molecule has 204 valence electrons. The molecular formula is C32H36N2O4S. The molecular weight excluding hydrogens is 508 g/mol. The maximum Gasteiger partial charge on any atom is 0.261 e. The number of rotatable bonds is 6. The molecule has 2 N–H and O–H groups in total. The number of aryl methyl sites for hydroxylation is 2. The van der Waals surface area contributed by atoms with Gasteiger partial charge in [-0.05, 0) is 80.1 Å². The zero-order valence-corrected chi connectivity index (χ0v) is 23.4. The van der Waals surface area contributed by atoms with Gasteiger partial charge in [0, 0.05) is 40.9 Å². The Kier molecular flexibility index (Phi) is 6.98. The summed E-state index contributed by atoms with van der Waals surface area (Å²) in [5.74, 6) is 0.600. The van der Waals surface area contributed by atoms with Crippen molar-refractivity contribution in [2.75, 3.05) is 16.6 Å². The van der Waals surface area contributed by atoms with Gasteiger partial charge in [-0.1, -0.05) is 49.6 Å². The smallest absolute Gasteiger partial charge is 0.261 e. The van der Waals surface area contributed by atoms with Gasteiger partial charge in [-0.15, -0.1) is 0 Å². The molecule has 3 atom stereocenters. The highest BCUT2D eigenvalue weighted by molar-refractivity contribution is 7.92. The van der Waals surface area contributed by atoms with Crippen LogP contribution >= 0.6 is 0 Å². The van der Waals surface area contributed by atoms with E-state index in [1.54, 1.807) is 18.2 Å². The van der Waals surface area contributed by atoms with E-state index in [2.05, 4.69) is 22.2 Å². The molecule has 3 aromatic rings. The summed E-state index contributed by atoms with van der Waals surface area (Å²) in [6, 6.07) is 18.9. The number of ether oxygens (including phenoxy) is 1. The van der Waals surface area contributed by atoms with Crippen molar-refractivity contribution >= 4 is 27.2 Å². The van der Waals surface area contributed by atoms with Crippen LogP contribution in [-0.2, 0) is 14.8 Å². The Morgan fingerprint density at radius 3 is 2.41 bits per heavy atom. The third-order valence-electron chi connectivity index (χ3n) is 8.81. The van der Waals surface area contributed by atoms with Crippen molar-refractivity contribution in [3.63, 3.8) is 0 Å². The molecule has 0 bridgehead atoms. The number of carbonyl (C=O) groups excluding carboxylic acids is 1. The zero-order chi connectivity index (χ0) is 27.1. The molecule has 7 heteroatoms. The molecule has 1 saturated heterocycles. The summed E-state index contributed by atoms with van der Waals surface area (Å²) >= 11 is 0. The quantitative estimate of drug-likeness (QED) is 0.323. The van der Waals surface area contributed by atoms with Gasteiger partial charge in [0.25, 0.3) is 10.0 Å². The first kappa shape index (κ1) is 26.1. The molecule has 0 spiro atoms. The van der Waals surface area contributed by atoms with Crippen LogP contribution in [-0.4, -0.2) is 20.8 Å². The second-order valence-corrected chi connectivity index (χ2v) is 13.0. The van der Waals surface area contributed by atoms with E-state index in [1.807, 2.05) is 44.2 Å². The van der Waals surface area contributed by atoms with Gasteiger partial charge < -0.3 is 10.1 Å². The van der Waals surface area contributed by atoms with Crippen LogP contribution in [0, 0.1) is 25.7 Å². The van der Waals surface area contributed by atoms with Crippen LogP contribution in [0.15, 0.2) is 65.6 Å². The standard InChI is InChI=1S/C32H36N2O4S/c1-20-8-13-25(18-21(20)2)34-39(36,37)26-14-15-29-28(19-26)32-27(16-17-38-32)30(33-29)22-9-11-24(12-10-22)31(35)23-6-4-3-5-7-23/h8-15,18-19,23,27,30,32-34H,3-7,16-17H2,1-2H3/t27-,30?,32-/m0/s1. The van der Waals surface area contributed by atoms with Crippen LogP contribution in [0.4, 0.5) is 11.4 Å². The van der Waals surface area contributed by atoms with Gasteiger partial charge in [0.05, 0.1) is 17.0 Å². The number of ketones is 1. The van der Waals surface area contributed by atoms with Gasteiger partial charge in [0.2, 0.25) is 0 Å². The third kappa shape index (κ3) is 5.10. The van der Waals surface area contributed by atoms with Gasteiger partial charge >= 0.3 is 0 Å². The molecule has 1 unspecified atom stereocenters. The average molecular weight is 545 g/mol. The second-order valence-electron chi connectivity index (χ2n) is 11.3. The number of hydrogen-bond donors (Lipinski definition) is 2. The minimum Gasteiger partial charge on any atom is -0.378 e. The van der Waals surface area contributed by atoms with Crippen molar-refractivity contribution in [2.45, 2.75) is 69.4 Å².